The number of nitrogens with zero attached hydrogens (tertiary/aromatic N) is 1. The van der Waals surface area contributed by atoms with E-state index in [1.807, 2.05) is 0 Å². The Morgan fingerprint density at radius 1 is 0.688 bits per heavy atom. The molecule has 0 saturated carbocycles. The van der Waals surface area contributed by atoms with Crippen molar-refractivity contribution in [1.29, 1.82) is 5.26 Å². The Hall–Kier alpha value is -2.99. The fraction of sp³-hybridized carbons (Fsp3) is 0.889. The minimum Gasteiger partial charge on any atom is -0.447 e. The van der Waals surface area contributed by atoms with E-state index in [0.29, 0.717) is 19.7 Å². The molecule has 0 radical (unpaired) electrons. The quantitative estimate of drug-likeness (QED) is 0.0482. The standard InChI is InChI=1S/C10H17FN2O3.C9H18FNO2.C4H2F8O3.4CH4/c11-5-8-16-10(14)13-6-3-1-2-4-7-15-9-12;1-2-3-4-5-6-7-11-9(12)13-8-10;5-1-13-4(10,11)14-2(6,7)3(8,9)15-12;;;;/h1-8H2,(H,13,14);2-8H2,1H3,(H,11,12);1H2;4*1H4. The molecule has 2 amide bonds. The Kier molecular flexibility index (Phi) is 48.3. The van der Waals surface area contributed by atoms with Gasteiger partial charge >= 0.3 is 30.7 Å². The zero-order valence-electron chi connectivity index (χ0n) is 23.8. The summed E-state index contributed by atoms with van der Waals surface area (Å²) in [6, 6.07) is 0. The molecule has 0 aliphatic rings. The molecule has 0 atom stereocenters. The Labute approximate surface area is 276 Å². The van der Waals surface area contributed by atoms with E-state index in [4.69, 9.17) is 5.26 Å². The number of hydrogen-bond acceptors (Lipinski definition) is 9. The zero-order valence-corrected chi connectivity index (χ0v) is 23.8. The average molecular weight is 738 g/mol. The summed E-state index contributed by atoms with van der Waals surface area (Å²) in [5, 5.41) is 13.0. The number of nitriles is 1. The van der Waals surface area contributed by atoms with Crippen LogP contribution in [-0.4, -0.2) is 77.4 Å². The summed E-state index contributed by atoms with van der Waals surface area (Å²) in [6.45, 7) is -0.511. The fourth-order valence-corrected chi connectivity index (χ4v) is 2.44. The molecule has 2 N–H and O–H groups in total. The summed E-state index contributed by atoms with van der Waals surface area (Å²) in [5.74, 6) is 0. The van der Waals surface area contributed by atoms with Gasteiger partial charge in [-0.1, -0.05) is 68.7 Å². The molecule has 0 spiro atoms. The Morgan fingerprint density at radius 3 is 1.58 bits per heavy atom. The van der Waals surface area contributed by atoms with E-state index in [2.05, 4.69) is 41.2 Å². The first-order chi connectivity index (χ1) is 20.7. The Balaban J connectivity index is -0.000000101. The summed E-state index contributed by atoms with van der Waals surface area (Å²) in [6.07, 6.45) is -7.80. The second kappa shape index (κ2) is 38.5. The maximum atomic E-state index is 12.0. The summed E-state index contributed by atoms with van der Waals surface area (Å²) in [7, 11) is 0. The van der Waals surface area contributed by atoms with Crippen molar-refractivity contribution < 1.29 is 82.3 Å². The van der Waals surface area contributed by atoms with Crippen LogP contribution in [0.4, 0.5) is 53.6 Å². The number of hydrogen-bond donors (Lipinski definition) is 2. The van der Waals surface area contributed by atoms with E-state index in [9.17, 15) is 53.6 Å². The van der Waals surface area contributed by atoms with Gasteiger partial charge in [0.15, 0.2) is 6.86 Å². The highest BCUT2D eigenvalue weighted by Gasteiger charge is 2.66. The van der Waals surface area contributed by atoms with Gasteiger partial charge in [0.1, 0.15) is 19.9 Å². The highest BCUT2D eigenvalue weighted by atomic mass is 19.4. The van der Waals surface area contributed by atoms with Crippen LogP contribution in [0.2, 0.25) is 0 Å². The second-order valence-corrected chi connectivity index (χ2v) is 7.92. The van der Waals surface area contributed by atoms with Crippen LogP contribution in [0.1, 0.15) is 94.4 Å². The highest BCUT2D eigenvalue weighted by Crippen LogP contribution is 2.40. The van der Waals surface area contributed by atoms with Gasteiger partial charge in [0.05, 0.1) is 0 Å². The number of alkyl halides is 9. The number of amides is 2. The fourth-order valence-electron chi connectivity index (χ4n) is 2.44. The number of halogens is 10. The van der Waals surface area contributed by atoms with Crippen LogP contribution in [0.3, 0.4) is 0 Å². The van der Waals surface area contributed by atoms with Crippen molar-refractivity contribution >= 4 is 12.2 Å². The molecule has 0 bridgehead atoms. The lowest BCUT2D eigenvalue weighted by molar-refractivity contribution is -0.548. The summed E-state index contributed by atoms with van der Waals surface area (Å²) in [5.41, 5.74) is 0. The molecule has 0 fully saturated rings. The van der Waals surface area contributed by atoms with Gasteiger partial charge in [-0.25, -0.2) is 27.5 Å². The number of carbonyl (C=O) groups is 2. The molecule has 294 valence electrons. The third kappa shape index (κ3) is 39.2. The normalized spacial score (nSPS) is 10.2. The number of ether oxygens (including phenoxy) is 5. The van der Waals surface area contributed by atoms with Crippen molar-refractivity contribution in [3.63, 3.8) is 0 Å². The molecule has 21 heteroatoms. The smallest absolute Gasteiger partial charge is 0.447 e. The summed E-state index contributed by atoms with van der Waals surface area (Å²) >= 11 is 0. The van der Waals surface area contributed by atoms with Crippen LogP contribution >= 0.6 is 0 Å². The Bertz CT molecular complexity index is 757. The number of nitrogens with one attached hydrogen (secondary N) is 2. The van der Waals surface area contributed by atoms with Gasteiger partial charge in [0, 0.05) is 13.1 Å². The van der Waals surface area contributed by atoms with Crippen LogP contribution in [-0.2, 0) is 28.6 Å². The third-order valence-electron chi connectivity index (χ3n) is 4.46. The molecular formula is C27H53F10N3O8. The minimum absolute atomic E-state index is 0. The molecule has 0 aromatic carbocycles. The van der Waals surface area contributed by atoms with Gasteiger partial charge < -0.3 is 24.8 Å². The molecule has 0 aliphatic heterocycles. The third-order valence-corrected chi connectivity index (χ3v) is 4.46. The van der Waals surface area contributed by atoms with Crippen LogP contribution in [0.25, 0.3) is 0 Å². The molecule has 0 aliphatic carbocycles. The molecular weight excluding hydrogens is 684 g/mol. The largest absolute Gasteiger partial charge is 0.492 e. The topological polar surface area (TPSA) is 137 Å². The second-order valence-electron chi connectivity index (χ2n) is 7.92. The van der Waals surface area contributed by atoms with Crippen LogP contribution in [0.5, 0.6) is 0 Å². The predicted molar refractivity (Wildman–Crippen MR) is 157 cm³/mol. The van der Waals surface area contributed by atoms with E-state index in [1.54, 1.807) is 6.26 Å². The van der Waals surface area contributed by atoms with Crippen molar-refractivity contribution in [1.82, 2.24) is 10.6 Å². The SMILES string of the molecule is C.C.C.C.CCCCCCCNC(=O)OCF.FCOC(F)(F)OC(F)(F)C(F)(F)OF.N#COCCCCCCNC(=O)OCCF. The molecule has 0 aromatic heterocycles. The summed E-state index contributed by atoms with van der Waals surface area (Å²) < 4.78 is 134. The maximum absolute atomic E-state index is 12.0. The van der Waals surface area contributed by atoms with Crippen molar-refractivity contribution in [3.05, 3.63) is 0 Å². The molecule has 0 heterocycles. The van der Waals surface area contributed by atoms with Gasteiger partial charge in [0.25, 0.3) is 6.26 Å². The zero-order chi connectivity index (χ0) is 34.3. The monoisotopic (exact) mass is 737 g/mol. The average Bonchev–Trinajstić information content (AvgIpc) is 2.95. The molecule has 48 heavy (non-hydrogen) atoms. The minimum atomic E-state index is -6.04. The van der Waals surface area contributed by atoms with Crippen molar-refractivity contribution in [2.75, 3.05) is 46.7 Å². The maximum Gasteiger partial charge on any atom is 0.492 e. The lowest BCUT2D eigenvalue weighted by Crippen LogP contribution is -2.48. The van der Waals surface area contributed by atoms with E-state index in [1.165, 1.54) is 24.2 Å². The lowest BCUT2D eigenvalue weighted by atomic mass is 10.1. The Morgan fingerprint density at radius 2 is 1.17 bits per heavy atom. The van der Waals surface area contributed by atoms with E-state index < -0.39 is 51.1 Å². The van der Waals surface area contributed by atoms with E-state index >= 15 is 0 Å². The predicted octanol–water partition coefficient (Wildman–Crippen LogP) is 9.48. The van der Waals surface area contributed by atoms with Crippen molar-refractivity contribution in [2.45, 2.75) is 113 Å². The number of carbonyl (C=O) groups excluding carboxylic acids is 2. The van der Waals surface area contributed by atoms with Gasteiger partial charge in [-0.15, -0.1) is 13.7 Å². The molecule has 0 unspecified atom stereocenters. The molecule has 0 rings (SSSR count). The first kappa shape index (κ1) is 60.3. The first-order valence-corrected chi connectivity index (χ1v) is 13.0. The molecule has 0 saturated heterocycles. The van der Waals surface area contributed by atoms with Crippen LogP contribution in [0.15, 0.2) is 0 Å². The lowest BCUT2D eigenvalue weighted by Gasteiger charge is -2.25. The molecule has 0 aromatic rings. The van der Waals surface area contributed by atoms with E-state index in [0.717, 1.165) is 38.5 Å². The number of unbranched alkanes of at least 4 members (excludes halogenated alkanes) is 7. The van der Waals surface area contributed by atoms with Gasteiger partial charge in [-0.3, -0.25) is 4.74 Å². The van der Waals surface area contributed by atoms with Gasteiger partial charge in [-0.05, 0) is 30.2 Å². The number of rotatable bonds is 22. The number of alkyl carbamates (subject to hydrolysis) is 2. The van der Waals surface area contributed by atoms with Crippen LogP contribution < -0.4 is 10.6 Å². The van der Waals surface area contributed by atoms with Gasteiger partial charge in [-0.2, -0.15) is 22.8 Å². The summed E-state index contributed by atoms with van der Waals surface area (Å²) in [4.78, 5) is 22.8. The highest BCUT2D eigenvalue weighted by molar-refractivity contribution is 5.67. The molecule has 11 nitrogen and oxygen atoms in total. The van der Waals surface area contributed by atoms with Crippen LogP contribution in [0, 0.1) is 11.5 Å². The van der Waals surface area contributed by atoms with Crippen molar-refractivity contribution in [3.8, 4) is 6.26 Å². The van der Waals surface area contributed by atoms with Crippen molar-refractivity contribution in [2.24, 2.45) is 0 Å². The van der Waals surface area contributed by atoms with Gasteiger partial charge in [0.2, 0.25) is 6.86 Å². The first-order valence-electron chi connectivity index (χ1n) is 13.0. The van der Waals surface area contributed by atoms with E-state index in [-0.39, 0.29) is 36.3 Å².